The van der Waals surface area contributed by atoms with Gasteiger partial charge in [-0.1, -0.05) is 18.2 Å². The highest BCUT2D eigenvalue weighted by molar-refractivity contribution is 8.18. The van der Waals surface area contributed by atoms with E-state index in [2.05, 4.69) is 64.0 Å². The first-order valence-electron chi connectivity index (χ1n) is 9.74. The van der Waals surface area contributed by atoms with Gasteiger partial charge in [0.1, 0.15) is 0 Å². The van der Waals surface area contributed by atoms with Crippen LogP contribution in [-0.4, -0.2) is 29.7 Å². The summed E-state index contributed by atoms with van der Waals surface area (Å²) in [6.45, 7) is 4.16. The first kappa shape index (κ1) is 20.0. The van der Waals surface area contributed by atoms with Gasteiger partial charge in [-0.2, -0.15) is 0 Å². The second kappa shape index (κ2) is 8.24. The second-order valence-corrected chi connectivity index (χ2v) is 8.42. The van der Waals surface area contributed by atoms with Crippen LogP contribution < -0.4 is 10.2 Å². The van der Waals surface area contributed by atoms with E-state index >= 15 is 0 Å². The standard InChI is InChI=1S/C24H24N4OS/c1-16-14-18(17(2)28(16)21-12-10-20(11-13-21)27(3)4)15-22-23(29)26-24(30-22)25-19-8-6-5-7-9-19/h5-15H,1-4H3,(H,25,26,29)/b22-15+. The van der Waals surface area contributed by atoms with Gasteiger partial charge < -0.3 is 14.8 Å². The number of amidine groups is 1. The molecule has 0 saturated carbocycles. The van der Waals surface area contributed by atoms with Crippen LogP contribution >= 0.6 is 11.8 Å². The number of benzene rings is 2. The SMILES string of the molecule is Cc1cc(/C=C2/SC(=Nc3ccccc3)NC2=O)c(C)n1-c1ccc(N(C)C)cc1. The third-order valence-corrected chi connectivity index (χ3v) is 5.93. The number of amides is 1. The Hall–Kier alpha value is -3.25. The van der Waals surface area contributed by atoms with E-state index in [4.69, 9.17) is 0 Å². The molecule has 0 spiro atoms. The number of carbonyl (C=O) groups is 1. The molecule has 2 heterocycles. The number of thioether (sulfide) groups is 1. The zero-order valence-corrected chi connectivity index (χ0v) is 18.3. The molecule has 1 amide bonds. The van der Waals surface area contributed by atoms with Crippen molar-refractivity contribution in [2.75, 3.05) is 19.0 Å². The summed E-state index contributed by atoms with van der Waals surface area (Å²) in [5.41, 5.74) is 6.34. The van der Waals surface area contributed by atoms with Crippen LogP contribution in [0.3, 0.4) is 0 Å². The van der Waals surface area contributed by atoms with Gasteiger partial charge in [0.25, 0.3) is 5.91 Å². The smallest absolute Gasteiger partial charge is 0.264 e. The van der Waals surface area contributed by atoms with E-state index in [1.807, 2.05) is 50.5 Å². The topological polar surface area (TPSA) is 49.6 Å². The maximum atomic E-state index is 12.5. The number of nitrogens with zero attached hydrogens (tertiary/aromatic N) is 3. The molecule has 0 aliphatic carbocycles. The van der Waals surface area contributed by atoms with Crippen molar-refractivity contribution in [1.29, 1.82) is 0 Å². The monoisotopic (exact) mass is 416 g/mol. The minimum absolute atomic E-state index is 0.116. The maximum absolute atomic E-state index is 12.5. The van der Waals surface area contributed by atoms with Crippen LogP contribution in [0.25, 0.3) is 11.8 Å². The number of carbonyl (C=O) groups excluding carboxylic acids is 1. The van der Waals surface area contributed by atoms with E-state index < -0.39 is 0 Å². The Morgan fingerprint density at radius 1 is 1.03 bits per heavy atom. The zero-order valence-electron chi connectivity index (χ0n) is 17.5. The Balaban J connectivity index is 1.62. The molecule has 152 valence electrons. The fourth-order valence-electron chi connectivity index (χ4n) is 3.47. The number of hydrogen-bond donors (Lipinski definition) is 1. The van der Waals surface area contributed by atoms with Gasteiger partial charge >= 0.3 is 0 Å². The average molecular weight is 417 g/mol. The number of nitrogens with one attached hydrogen (secondary N) is 1. The van der Waals surface area contributed by atoms with Crippen molar-refractivity contribution in [3.8, 4) is 5.69 Å². The Bertz CT molecular complexity index is 1140. The van der Waals surface area contributed by atoms with Gasteiger partial charge in [-0.05, 0) is 79.7 Å². The Morgan fingerprint density at radius 2 is 1.73 bits per heavy atom. The number of para-hydroxylation sites is 1. The zero-order chi connectivity index (χ0) is 21.3. The molecule has 0 radical (unpaired) electrons. The molecule has 1 saturated heterocycles. The average Bonchev–Trinajstić information content (AvgIpc) is 3.21. The lowest BCUT2D eigenvalue weighted by Crippen LogP contribution is -2.19. The first-order chi connectivity index (χ1) is 14.4. The third-order valence-electron chi connectivity index (χ3n) is 5.02. The molecular weight excluding hydrogens is 392 g/mol. The molecule has 1 aliphatic heterocycles. The number of aryl methyl sites for hydroxylation is 1. The second-order valence-electron chi connectivity index (χ2n) is 7.39. The molecule has 1 N–H and O–H groups in total. The van der Waals surface area contributed by atoms with Crippen molar-refractivity contribution in [2.24, 2.45) is 4.99 Å². The summed E-state index contributed by atoms with van der Waals surface area (Å²) >= 11 is 1.37. The van der Waals surface area contributed by atoms with Gasteiger partial charge in [0.15, 0.2) is 5.17 Å². The summed E-state index contributed by atoms with van der Waals surface area (Å²) < 4.78 is 2.21. The largest absolute Gasteiger partial charge is 0.378 e. The molecule has 30 heavy (non-hydrogen) atoms. The molecule has 0 unspecified atom stereocenters. The molecule has 0 bridgehead atoms. The van der Waals surface area contributed by atoms with Crippen LogP contribution in [0.2, 0.25) is 0 Å². The third kappa shape index (κ3) is 4.04. The lowest BCUT2D eigenvalue weighted by molar-refractivity contribution is -0.115. The number of anilines is 1. The van der Waals surface area contributed by atoms with Crippen molar-refractivity contribution in [1.82, 2.24) is 9.88 Å². The summed E-state index contributed by atoms with van der Waals surface area (Å²) in [7, 11) is 4.07. The normalized spacial score (nSPS) is 16.3. The molecule has 1 fully saturated rings. The Kier molecular flexibility index (Phi) is 5.50. The van der Waals surface area contributed by atoms with Gasteiger partial charge in [-0.25, -0.2) is 4.99 Å². The highest BCUT2D eigenvalue weighted by Crippen LogP contribution is 2.30. The van der Waals surface area contributed by atoms with E-state index in [1.165, 1.54) is 11.8 Å². The predicted molar refractivity (Wildman–Crippen MR) is 127 cm³/mol. The number of aliphatic imine (C=N–C) groups is 1. The van der Waals surface area contributed by atoms with Gasteiger partial charge in [0, 0.05) is 36.9 Å². The lowest BCUT2D eigenvalue weighted by Gasteiger charge is -2.14. The predicted octanol–water partition coefficient (Wildman–Crippen LogP) is 5.05. The van der Waals surface area contributed by atoms with Crippen molar-refractivity contribution in [3.05, 3.63) is 82.5 Å². The molecule has 0 atom stereocenters. The summed E-state index contributed by atoms with van der Waals surface area (Å²) in [6.07, 6.45) is 1.94. The first-order valence-corrected chi connectivity index (χ1v) is 10.6. The summed E-state index contributed by atoms with van der Waals surface area (Å²) in [4.78, 5) is 19.7. The minimum Gasteiger partial charge on any atom is -0.378 e. The van der Waals surface area contributed by atoms with Crippen molar-refractivity contribution in [2.45, 2.75) is 13.8 Å². The maximum Gasteiger partial charge on any atom is 0.264 e. The van der Waals surface area contributed by atoms with Crippen LogP contribution in [0.1, 0.15) is 17.0 Å². The highest BCUT2D eigenvalue weighted by Gasteiger charge is 2.24. The molecule has 1 aromatic heterocycles. The van der Waals surface area contributed by atoms with E-state index in [9.17, 15) is 4.79 Å². The molecule has 2 aromatic carbocycles. The molecule has 6 heteroatoms. The van der Waals surface area contributed by atoms with Crippen LogP contribution in [-0.2, 0) is 4.79 Å². The Morgan fingerprint density at radius 3 is 2.40 bits per heavy atom. The highest BCUT2D eigenvalue weighted by atomic mass is 32.2. The fraction of sp³-hybridized carbons (Fsp3) is 0.167. The van der Waals surface area contributed by atoms with Crippen molar-refractivity contribution < 1.29 is 4.79 Å². The summed E-state index contributed by atoms with van der Waals surface area (Å²) in [5, 5.41) is 3.46. The van der Waals surface area contributed by atoms with Crippen molar-refractivity contribution in [3.63, 3.8) is 0 Å². The number of hydrogen-bond acceptors (Lipinski definition) is 4. The van der Waals surface area contributed by atoms with Crippen molar-refractivity contribution >= 4 is 40.3 Å². The van der Waals surface area contributed by atoms with E-state index in [1.54, 1.807) is 0 Å². The van der Waals surface area contributed by atoms with Gasteiger partial charge in [0.05, 0.1) is 10.6 Å². The number of rotatable bonds is 4. The van der Waals surface area contributed by atoms with Crippen LogP contribution in [0, 0.1) is 13.8 Å². The summed E-state index contributed by atoms with van der Waals surface area (Å²) in [5.74, 6) is -0.116. The fourth-order valence-corrected chi connectivity index (χ4v) is 4.31. The minimum atomic E-state index is -0.116. The Labute approximate surface area is 181 Å². The molecule has 4 rings (SSSR count). The van der Waals surface area contributed by atoms with E-state index in [-0.39, 0.29) is 5.91 Å². The van der Waals surface area contributed by atoms with Gasteiger partial charge in [-0.15, -0.1) is 0 Å². The van der Waals surface area contributed by atoms with E-state index in [0.717, 1.165) is 34.0 Å². The summed E-state index contributed by atoms with van der Waals surface area (Å²) in [6, 6.07) is 20.2. The van der Waals surface area contributed by atoms with Crippen LogP contribution in [0.15, 0.2) is 70.6 Å². The van der Waals surface area contributed by atoms with Gasteiger partial charge in [0.2, 0.25) is 0 Å². The van der Waals surface area contributed by atoms with E-state index in [0.29, 0.717) is 10.1 Å². The van der Waals surface area contributed by atoms with Crippen LogP contribution in [0.5, 0.6) is 0 Å². The molecule has 3 aromatic rings. The molecule has 5 nitrogen and oxygen atoms in total. The molecule has 1 aliphatic rings. The van der Waals surface area contributed by atoms with Crippen LogP contribution in [0.4, 0.5) is 11.4 Å². The van der Waals surface area contributed by atoms with Gasteiger partial charge in [-0.3, -0.25) is 4.79 Å². The molecular formula is C24H24N4OS. The number of aromatic nitrogens is 1. The lowest BCUT2D eigenvalue weighted by atomic mass is 10.2. The quantitative estimate of drug-likeness (QED) is 0.606.